The predicted molar refractivity (Wildman–Crippen MR) is 211 cm³/mol. The van der Waals surface area contributed by atoms with E-state index in [1.54, 1.807) is 6.08 Å². The topological polar surface area (TPSA) is 69.6 Å². The predicted octanol–water partition coefficient (Wildman–Crippen LogP) is 12.6. The molecule has 4 heteroatoms. The smallest absolute Gasteiger partial charge is 0.220 e. The third-order valence-electron chi connectivity index (χ3n) is 8.93. The standard InChI is InChI=1S/C44H79NO3/c1-3-5-7-9-11-13-15-16-17-18-19-20-21-22-23-24-25-26-27-28-30-32-34-36-38-40-44(48)45-42(41-46)43(47)39-37-35-33-31-29-14-12-10-8-6-4-2/h8,10,15-16,18-19,29,31,37,39,42-43,46-47H,3-7,9,11-14,17,20-28,30,32-36,38,40-41H2,1-2H3,(H,45,48)/b10-8+,16-15-,19-18-,31-29+,39-37+. The molecular weight excluding hydrogens is 590 g/mol. The molecular formula is C44H79NO3. The Morgan fingerprint density at radius 1 is 0.500 bits per heavy atom. The number of allylic oxidation sites excluding steroid dienone is 9. The summed E-state index contributed by atoms with van der Waals surface area (Å²) in [6.45, 7) is 4.20. The zero-order valence-electron chi connectivity index (χ0n) is 31.7. The van der Waals surface area contributed by atoms with Gasteiger partial charge in [0.05, 0.1) is 18.8 Å². The number of aliphatic hydroxyl groups is 2. The van der Waals surface area contributed by atoms with Crippen LogP contribution >= 0.6 is 0 Å². The van der Waals surface area contributed by atoms with Crippen LogP contribution in [0.2, 0.25) is 0 Å². The Labute approximate surface area is 298 Å². The maximum Gasteiger partial charge on any atom is 0.220 e. The van der Waals surface area contributed by atoms with Crippen LogP contribution in [0.1, 0.15) is 194 Å². The Morgan fingerprint density at radius 2 is 0.917 bits per heavy atom. The van der Waals surface area contributed by atoms with Gasteiger partial charge in [0.25, 0.3) is 0 Å². The van der Waals surface area contributed by atoms with E-state index in [0.717, 1.165) is 51.4 Å². The molecule has 2 unspecified atom stereocenters. The summed E-state index contributed by atoms with van der Waals surface area (Å²) in [5.41, 5.74) is 0. The van der Waals surface area contributed by atoms with E-state index in [9.17, 15) is 15.0 Å². The summed E-state index contributed by atoms with van der Waals surface area (Å²) >= 11 is 0. The summed E-state index contributed by atoms with van der Waals surface area (Å²) in [6, 6.07) is -0.645. The molecule has 1 amide bonds. The van der Waals surface area contributed by atoms with Crippen LogP contribution < -0.4 is 5.32 Å². The Bertz CT molecular complexity index is 812. The summed E-state index contributed by atoms with van der Waals surface area (Å²) < 4.78 is 0. The molecule has 0 aliphatic rings. The molecule has 4 nitrogen and oxygen atoms in total. The van der Waals surface area contributed by atoms with Crippen molar-refractivity contribution in [3.05, 3.63) is 60.8 Å². The van der Waals surface area contributed by atoms with Crippen molar-refractivity contribution in [1.82, 2.24) is 5.32 Å². The minimum Gasteiger partial charge on any atom is -0.394 e. The molecule has 0 aromatic heterocycles. The van der Waals surface area contributed by atoms with Gasteiger partial charge in [0.15, 0.2) is 0 Å². The van der Waals surface area contributed by atoms with E-state index in [4.69, 9.17) is 0 Å². The third-order valence-corrected chi connectivity index (χ3v) is 8.93. The van der Waals surface area contributed by atoms with Crippen LogP contribution in [0.4, 0.5) is 0 Å². The van der Waals surface area contributed by atoms with E-state index in [0.29, 0.717) is 6.42 Å². The highest BCUT2D eigenvalue weighted by molar-refractivity contribution is 5.76. The first-order chi connectivity index (χ1) is 23.7. The summed E-state index contributed by atoms with van der Waals surface area (Å²) in [6.07, 6.45) is 54.7. The average molecular weight is 670 g/mol. The SMILES string of the molecule is CCC/C=C/CC/C=C/CC/C=C/C(O)C(CO)NC(=O)CCCCCCCCCCCCCCC/C=C\C/C=C\CCCCCCC. The molecule has 0 aliphatic carbocycles. The molecule has 0 aromatic carbocycles. The van der Waals surface area contributed by atoms with Crippen LogP contribution in [0.3, 0.4) is 0 Å². The maximum atomic E-state index is 12.3. The quantitative estimate of drug-likeness (QED) is 0.0459. The average Bonchev–Trinajstić information content (AvgIpc) is 3.09. The van der Waals surface area contributed by atoms with E-state index in [2.05, 4.69) is 67.8 Å². The van der Waals surface area contributed by atoms with E-state index >= 15 is 0 Å². The van der Waals surface area contributed by atoms with Crippen LogP contribution in [-0.4, -0.2) is 34.9 Å². The van der Waals surface area contributed by atoms with Gasteiger partial charge in [-0.2, -0.15) is 0 Å². The molecule has 3 N–H and O–H groups in total. The molecule has 0 radical (unpaired) electrons. The molecule has 0 saturated heterocycles. The van der Waals surface area contributed by atoms with Gasteiger partial charge in [0.2, 0.25) is 5.91 Å². The molecule has 0 heterocycles. The van der Waals surface area contributed by atoms with Gasteiger partial charge in [0.1, 0.15) is 0 Å². The number of unbranched alkanes of at least 4 members (excludes halogenated alkanes) is 21. The van der Waals surface area contributed by atoms with E-state index in [1.165, 1.54) is 122 Å². The molecule has 0 saturated carbocycles. The highest BCUT2D eigenvalue weighted by Crippen LogP contribution is 2.14. The number of hydrogen-bond donors (Lipinski definition) is 3. The summed E-state index contributed by atoms with van der Waals surface area (Å²) in [5.74, 6) is -0.0830. The van der Waals surface area contributed by atoms with Gasteiger partial charge in [-0.15, -0.1) is 0 Å². The third kappa shape index (κ3) is 35.4. The number of nitrogens with one attached hydrogen (secondary N) is 1. The van der Waals surface area contributed by atoms with Crippen molar-refractivity contribution in [2.75, 3.05) is 6.61 Å². The molecule has 0 fully saturated rings. The van der Waals surface area contributed by atoms with Crippen LogP contribution in [0.25, 0.3) is 0 Å². The zero-order valence-corrected chi connectivity index (χ0v) is 31.7. The van der Waals surface area contributed by atoms with Gasteiger partial charge in [-0.3, -0.25) is 4.79 Å². The second kappa shape index (κ2) is 39.5. The molecule has 278 valence electrons. The lowest BCUT2D eigenvalue weighted by atomic mass is 10.0. The number of aliphatic hydroxyl groups excluding tert-OH is 2. The van der Waals surface area contributed by atoms with Crippen LogP contribution in [0, 0.1) is 0 Å². The van der Waals surface area contributed by atoms with E-state index < -0.39 is 12.1 Å². The van der Waals surface area contributed by atoms with Crippen LogP contribution in [-0.2, 0) is 4.79 Å². The first kappa shape index (κ1) is 46.1. The zero-order chi connectivity index (χ0) is 35.0. The van der Waals surface area contributed by atoms with Gasteiger partial charge < -0.3 is 15.5 Å². The number of hydrogen-bond acceptors (Lipinski definition) is 3. The number of amides is 1. The van der Waals surface area contributed by atoms with E-state index in [1.807, 2.05) is 6.08 Å². The Balaban J connectivity index is 3.56. The highest BCUT2D eigenvalue weighted by Gasteiger charge is 2.17. The lowest BCUT2D eigenvalue weighted by Gasteiger charge is -2.19. The van der Waals surface area contributed by atoms with Crippen molar-refractivity contribution in [2.45, 2.75) is 206 Å². The molecule has 0 spiro atoms. The second-order valence-electron chi connectivity index (χ2n) is 13.7. The van der Waals surface area contributed by atoms with Crippen molar-refractivity contribution >= 4 is 5.91 Å². The fraction of sp³-hybridized carbons (Fsp3) is 0.750. The summed E-state index contributed by atoms with van der Waals surface area (Å²) in [4.78, 5) is 12.3. The second-order valence-corrected chi connectivity index (χ2v) is 13.7. The molecule has 48 heavy (non-hydrogen) atoms. The van der Waals surface area contributed by atoms with Crippen molar-refractivity contribution < 1.29 is 15.0 Å². The number of rotatable bonds is 36. The van der Waals surface area contributed by atoms with Crippen LogP contribution in [0.15, 0.2) is 60.8 Å². The summed E-state index contributed by atoms with van der Waals surface area (Å²) in [7, 11) is 0. The Hall–Kier alpha value is -1.91. The van der Waals surface area contributed by atoms with Crippen LogP contribution in [0.5, 0.6) is 0 Å². The number of carbonyl (C=O) groups is 1. The van der Waals surface area contributed by atoms with Gasteiger partial charge in [-0.05, 0) is 70.6 Å². The molecule has 2 atom stereocenters. The first-order valence-electron chi connectivity index (χ1n) is 20.5. The minimum absolute atomic E-state index is 0.0830. The Morgan fingerprint density at radius 3 is 1.40 bits per heavy atom. The van der Waals surface area contributed by atoms with Crippen molar-refractivity contribution in [3.8, 4) is 0 Å². The van der Waals surface area contributed by atoms with Gasteiger partial charge in [-0.1, -0.05) is 177 Å². The molecule has 0 bridgehead atoms. The molecule has 0 rings (SSSR count). The summed E-state index contributed by atoms with van der Waals surface area (Å²) in [5, 5.41) is 22.8. The fourth-order valence-corrected chi connectivity index (χ4v) is 5.78. The van der Waals surface area contributed by atoms with Gasteiger partial charge >= 0.3 is 0 Å². The lowest BCUT2D eigenvalue weighted by molar-refractivity contribution is -0.123. The normalized spacial score (nSPS) is 13.7. The molecule has 0 aromatic rings. The lowest BCUT2D eigenvalue weighted by Crippen LogP contribution is -2.45. The van der Waals surface area contributed by atoms with Crippen molar-refractivity contribution in [2.24, 2.45) is 0 Å². The fourth-order valence-electron chi connectivity index (χ4n) is 5.78. The number of carbonyl (C=O) groups excluding carboxylic acids is 1. The monoisotopic (exact) mass is 670 g/mol. The van der Waals surface area contributed by atoms with Crippen molar-refractivity contribution in [3.63, 3.8) is 0 Å². The minimum atomic E-state index is -0.869. The molecule has 0 aliphatic heterocycles. The van der Waals surface area contributed by atoms with E-state index in [-0.39, 0.29) is 12.5 Å². The van der Waals surface area contributed by atoms with Gasteiger partial charge in [-0.25, -0.2) is 0 Å². The largest absolute Gasteiger partial charge is 0.394 e. The first-order valence-corrected chi connectivity index (χ1v) is 20.5. The van der Waals surface area contributed by atoms with Crippen molar-refractivity contribution in [1.29, 1.82) is 0 Å². The maximum absolute atomic E-state index is 12.3. The Kier molecular flexibility index (Phi) is 38.0. The van der Waals surface area contributed by atoms with Gasteiger partial charge in [0, 0.05) is 6.42 Å². The highest BCUT2D eigenvalue weighted by atomic mass is 16.3.